The number of carbonyl (C=O) groups is 1. The number of amides is 2. The molecule has 134 valence electrons. The fourth-order valence-electron chi connectivity index (χ4n) is 3.49. The maximum atomic E-state index is 12.3. The van der Waals surface area contributed by atoms with Crippen LogP contribution in [0.1, 0.15) is 48.1 Å². The van der Waals surface area contributed by atoms with E-state index in [-0.39, 0.29) is 18.6 Å². The number of hydrogen-bond acceptors (Lipinski definition) is 3. The van der Waals surface area contributed by atoms with Gasteiger partial charge in [0.25, 0.3) is 0 Å². The van der Waals surface area contributed by atoms with Crippen molar-refractivity contribution < 1.29 is 9.90 Å². The Morgan fingerprint density at radius 1 is 1.27 bits per heavy atom. The van der Waals surface area contributed by atoms with Crippen LogP contribution in [-0.4, -0.2) is 17.7 Å². The van der Waals surface area contributed by atoms with Crippen molar-refractivity contribution in [2.75, 3.05) is 6.54 Å². The zero-order valence-corrected chi connectivity index (χ0v) is 14.8. The van der Waals surface area contributed by atoms with Crippen LogP contribution in [0.25, 0.3) is 0 Å². The van der Waals surface area contributed by atoms with Crippen molar-refractivity contribution in [3.05, 3.63) is 70.8 Å². The number of aryl methyl sites for hydroxylation is 1. The molecule has 1 aliphatic carbocycles. The maximum Gasteiger partial charge on any atom is 0.315 e. The number of nitrogens with one attached hydrogen (secondary N) is 2. The Morgan fingerprint density at radius 2 is 2.00 bits per heavy atom. The van der Waals surface area contributed by atoms with Crippen LogP contribution < -0.4 is 10.6 Å². The third kappa shape index (κ3) is 3.87. The molecule has 0 spiro atoms. The fraction of sp³-hybridized carbons (Fsp3) is 0.333. The van der Waals surface area contributed by atoms with E-state index in [0.29, 0.717) is 12.0 Å². The summed E-state index contributed by atoms with van der Waals surface area (Å²) in [5.74, 6) is 0. The van der Waals surface area contributed by atoms with E-state index in [1.807, 2.05) is 43.3 Å². The molecule has 2 unspecified atom stereocenters. The van der Waals surface area contributed by atoms with Gasteiger partial charge in [0.1, 0.15) is 5.60 Å². The molecule has 0 aromatic heterocycles. The molecule has 0 aliphatic heterocycles. The average molecular weight is 349 g/mol. The van der Waals surface area contributed by atoms with Gasteiger partial charge in [-0.1, -0.05) is 36.4 Å². The number of nitrogens with zero attached hydrogens (tertiary/aromatic N) is 1. The van der Waals surface area contributed by atoms with E-state index in [1.54, 1.807) is 12.1 Å². The largest absolute Gasteiger partial charge is 0.383 e. The average Bonchev–Trinajstić information content (AvgIpc) is 2.67. The van der Waals surface area contributed by atoms with Crippen molar-refractivity contribution in [3.8, 4) is 6.07 Å². The second kappa shape index (κ2) is 7.59. The van der Waals surface area contributed by atoms with Gasteiger partial charge in [-0.05, 0) is 55.0 Å². The minimum atomic E-state index is -1.02. The molecule has 0 heterocycles. The van der Waals surface area contributed by atoms with Gasteiger partial charge >= 0.3 is 6.03 Å². The minimum Gasteiger partial charge on any atom is -0.383 e. The number of rotatable bonds is 4. The van der Waals surface area contributed by atoms with Crippen LogP contribution in [0.5, 0.6) is 0 Å². The van der Waals surface area contributed by atoms with E-state index >= 15 is 0 Å². The minimum absolute atomic E-state index is 0.177. The molecule has 0 radical (unpaired) electrons. The van der Waals surface area contributed by atoms with Crippen LogP contribution in [0.3, 0.4) is 0 Å². The van der Waals surface area contributed by atoms with Crippen molar-refractivity contribution in [2.24, 2.45) is 0 Å². The Bertz CT molecular complexity index is 826. The molecule has 2 aromatic rings. The number of benzene rings is 2. The second-order valence-electron chi connectivity index (χ2n) is 6.82. The third-order valence-corrected chi connectivity index (χ3v) is 4.98. The van der Waals surface area contributed by atoms with Crippen LogP contribution in [0.4, 0.5) is 4.79 Å². The van der Waals surface area contributed by atoms with E-state index in [1.165, 1.54) is 0 Å². The number of aliphatic hydroxyl groups is 1. The quantitative estimate of drug-likeness (QED) is 0.793. The first-order valence-electron chi connectivity index (χ1n) is 8.87. The summed E-state index contributed by atoms with van der Waals surface area (Å²) in [5, 5.41) is 25.5. The number of fused-ring (bicyclic) bond motifs is 1. The first kappa shape index (κ1) is 18.0. The summed E-state index contributed by atoms with van der Waals surface area (Å²) in [6.45, 7) is 2.06. The lowest BCUT2D eigenvalue weighted by Gasteiger charge is -2.34. The normalized spacial score (nSPS) is 19.7. The zero-order valence-electron chi connectivity index (χ0n) is 14.8. The van der Waals surface area contributed by atoms with Crippen LogP contribution >= 0.6 is 0 Å². The SMILES string of the molecule is CC(NC(=O)NCC1(O)CCCc2ccccc21)c1ccc(C#N)cc1. The molecule has 0 fully saturated rings. The van der Waals surface area contributed by atoms with Gasteiger partial charge < -0.3 is 15.7 Å². The highest BCUT2D eigenvalue weighted by Gasteiger charge is 2.34. The molecule has 0 bridgehead atoms. The highest BCUT2D eigenvalue weighted by molar-refractivity contribution is 5.74. The monoisotopic (exact) mass is 349 g/mol. The molecule has 0 saturated heterocycles. The van der Waals surface area contributed by atoms with Crippen molar-refractivity contribution in [1.29, 1.82) is 5.26 Å². The Balaban J connectivity index is 1.59. The van der Waals surface area contributed by atoms with Crippen molar-refractivity contribution >= 4 is 6.03 Å². The lowest BCUT2D eigenvalue weighted by Crippen LogP contribution is -2.46. The van der Waals surface area contributed by atoms with Crippen molar-refractivity contribution in [2.45, 2.75) is 37.8 Å². The van der Waals surface area contributed by atoms with Crippen LogP contribution in [0.2, 0.25) is 0 Å². The van der Waals surface area contributed by atoms with E-state index < -0.39 is 5.60 Å². The van der Waals surface area contributed by atoms with Crippen molar-refractivity contribution in [3.63, 3.8) is 0 Å². The Hall–Kier alpha value is -2.84. The summed E-state index contributed by atoms with van der Waals surface area (Å²) < 4.78 is 0. The van der Waals surface area contributed by atoms with E-state index in [0.717, 1.165) is 29.5 Å². The highest BCUT2D eigenvalue weighted by atomic mass is 16.3. The maximum absolute atomic E-state index is 12.3. The van der Waals surface area contributed by atoms with Gasteiger partial charge in [-0.25, -0.2) is 4.79 Å². The molecule has 3 N–H and O–H groups in total. The van der Waals surface area contributed by atoms with Gasteiger partial charge in [0, 0.05) is 0 Å². The summed E-state index contributed by atoms with van der Waals surface area (Å²) in [5.41, 5.74) is 2.54. The highest BCUT2D eigenvalue weighted by Crippen LogP contribution is 2.34. The summed E-state index contributed by atoms with van der Waals surface area (Å²) in [6.07, 6.45) is 2.49. The van der Waals surface area contributed by atoms with Gasteiger partial charge in [-0.15, -0.1) is 0 Å². The number of nitriles is 1. The number of hydrogen-bond donors (Lipinski definition) is 3. The van der Waals surface area contributed by atoms with Crippen LogP contribution in [0.15, 0.2) is 48.5 Å². The Labute approximate surface area is 153 Å². The molecule has 5 nitrogen and oxygen atoms in total. The summed E-state index contributed by atoms with van der Waals surface area (Å²) in [6, 6.07) is 16.5. The predicted molar refractivity (Wildman–Crippen MR) is 99.4 cm³/mol. The number of carbonyl (C=O) groups excluding carboxylic acids is 1. The van der Waals surface area contributed by atoms with E-state index in [9.17, 15) is 9.90 Å². The molecule has 0 saturated carbocycles. The number of urea groups is 1. The van der Waals surface area contributed by atoms with Crippen molar-refractivity contribution in [1.82, 2.24) is 10.6 Å². The van der Waals surface area contributed by atoms with Crippen LogP contribution in [0, 0.1) is 11.3 Å². The van der Waals surface area contributed by atoms with Gasteiger partial charge in [0.05, 0.1) is 24.2 Å². The van der Waals surface area contributed by atoms with Crippen LogP contribution in [-0.2, 0) is 12.0 Å². The molecule has 2 amide bonds. The van der Waals surface area contributed by atoms with E-state index in [4.69, 9.17) is 5.26 Å². The fourth-order valence-corrected chi connectivity index (χ4v) is 3.49. The standard InChI is InChI=1S/C21H23N3O2/c1-15(17-10-8-16(13-22)9-11-17)24-20(25)23-14-21(26)12-4-6-18-5-2-3-7-19(18)21/h2-3,5,7-11,15,26H,4,6,12,14H2,1H3,(H2,23,24,25). The molecule has 3 rings (SSSR count). The first-order valence-corrected chi connectivity index (χ1v) is 8.87. The summed E-state index contributed by atoms with van der Waals surface area (Å²) in [4.78, 5) is 12.3. The molecular weight excluding hydrogens is 326 g/mol. The Morgan fingerprint density at radius 3 is 2.73 bits per heavy atom. The lowest BCUT2D eigenvalue weighted by molar-refractivity contribution is 0.0216. The molecule has 5 heteroatoms. The van der Waals surface area contributed by atoms with Gasteiger partial charge in [0.2, 0.25) is 0 Å². The predicted octanol–water partition coefficient (Wildman–Crippen LogP) is 3.14. The van der Waals surface area contributed by atoms with E-state index in [2.05, 4.69) is 16.7 Å². The second-order valence-corrected chi connectivity index (χ2v) is 6.82. The lowest BCUT2D eigenvalue weighted by atomic mass is 9.79. The van der Waals surface area contributed by atoms with Gasteiger partial charge in [0.15, 0.2) is 0 Å². The molecule has 2 atom stereocenters. The molecule has 1 aliphatic rings. The molecule has 26 heavy (non-hydrogen) atoms. The smallest absolute Gasteiger partial charge is 0.315 e. The summed E-state index contributed by atoms with van der Waals surface area (Å²) in [7, 11) is 0. The summed E-state index contributed by atoms with van der Waals surface area (Å²) >= 11 is 0. The molecular formula is C21H23N3O2. The first-order chi connectivity index (χ1) is 12.5. The Kier molecular flexibility index (Phi) is 5.24. The van der Waals surface area contributed by atoms with Gasteiger partial charge in [-0.2, -0.15) is 5.26 Å². The molecule has 2 aromatic carbocycles. The van der Waals surface area contributed by atoms with Gasteiger partial charge in [-0.3, -0.25) is 0 Å². The topological polar surface area (TPSA) is 85.2 Å². The zero-order chi connectivity index (χ0) is 18.6. The third-order valence-electron chi connectivity index (χ3n) is 4.98.